The van der Waals surface area contributed by atoms with E-state index >= 15 is 0 Å². The molecule has 0 spiro atoms. The number of hydrogen-bond donors (Lipinski definition) is 0. The average Bonchev–Trinajstić information content (AvgIpc) is 3.16. The predicted molar refractivity (Wildman–Crippen MR) is 102 cm³/mol. The largest absolute Gasteiger partial charge is 0.491 e. The molecule has 1 saturated heterocycles. The second kappa shape index (κ2) is 8.00. The summed E-state index contributed by atoms with van der Waals surface area (Å²) in [6.07, 6.45) is 3.87. The Morgan fingerprint density at radius 2 is 1.79 bits per heavy atom. The fourth-order valence-electron chi connectivity index (χ4n) is 3.62. The van der Waals surface area contributed by atoms with Gasteiger partial charge in [0.15, 0.2) is 0 Å². The van der Waals surface area contributed by atoms with Crippen molar-refractivity contribution in [3.8, 4) is 5.75 Å². The van der Waals surface area contributed by atoms with Crippen molar-refractivity contribution in [2.45, 2.75) is 32.7 Å². The number of amides is 2. The standard InChI is InChI=1S/C20H25N5O3/c1-15-5-6-16-13-18(15)28-12-11-25-14-17(21-22-25)3-2-4-19(26)23-7-9-24(10-8-23)20(16)27/h5-6,13-14H,2-4,7-12H2,1H3. The quantitative estimate of drug-likeness (QED) is 0.685. The second-order valence-electron chi connectivity index (χ2n) is 7.33. The molecular formula is C20H25N5O3. The Morgan fingerprint density at radius 1 is 1.00 bits per heavy atom. The van der Waals surface area contributed by atoms with E-state index in [0.717, 1.165) is 24.1 Å². The van der Waals surface area contributed by atoms with E-state index in [-0.39, 0.29) is 11.8 Å². The van der Waals surface area contributed by atoms with Crippen LogP contribution in [-0.2, 0) is 17.8 Å². The first-order valence-electron chi connectivity index (χ1n) is 9.80. The van der Waals surface area contributed by atoms with Gasteiger partial charge in [0.1, 0.15) is 12.4 Å². The van der Waals surface area contributed by atoms with E-state index in [0.29, 0.717) is 57.1 Å². The summed E-state index contributed by atoms with van der Waals surface area (Å²) in [4.78, 5) is 29.0. The Bertz CT molecular complexity index is 870. The van der Waals surface area contributed by atoms with Gasteiger partial charge >= 0.3 is 0 Å². The summed E-state index contributed by atoms with van der Waals surface area (Å²) >= 11 is 0. The van der Waals surface area contributed by atoms with Crippen LogP contribution in [0.3, 0.4) is 0 Å². The molecule has 4 heterocycles. The molecule has 0 atom stereocenters. The predicted octanol–water partition coefficient (Wildman–Crippen LogP) is 1.29. The summed E-state index contributed by atoms with van der Waals surface area (Å²) in [5.41, 5.74) is 2.49. The van der Waals surface area contributed by atoms with Gasteiger partial charge in [-0.3, -0.25) is 9.59 Å². The van der Waals surface area contributed by atoms with Crippen LogP contribution in [0.25, 0.3) is 0 Å². The molecule has 6 bridgehead atoms. The Hall–Kier alpha value is -2.90. The molecule has 0 saturated carbocycles. The van der Waals surface area contributed by atoms with Gasteiger partial charge < -0.3 is 14.5 Å². The molecule has 148 valence electrons. The number of aromatic nitrogens is 3. The zero-order valence-electron chi connectivity index (χ0n) is 16.1. The lowest BCUT2D eigenvalue weighted by Gasteiger charge is -2.35. The van der Waals surface area contributed by atoms with E-state index in [2.05, 4.69) is 10.3 Å². The third kappa shape index (κ3) is 4.00. The molecule has 28 heavy (non-hydrogen) atoms. The van der Waals surface area contributed by atoms with Gasteiger partial charge in [-0.25, -0.2) is 4.68 Å². The van der Waals surface area contributed by atoms with Crippen molar-refractivity contribution in [3.63, 3.8) is 0 Å². The van der Waals surface area contributed by atoms with Crippen LogP contribution in [-0.4, -0.2) is 69.4 Å². The number of hydrogen-bond acceptors (Lipinski definition) is 5. The minimum absolute atomic E-state index is 0.0148. The van der Waals surface area contributed by atoms with Gasteiger partial charge in [0.05, 0.1) is 12.2 Å². The van der Waals surface area contributed by atoms with Crippen molar-refractivity contribution in [2.75, 3.05) is 32.8 Å². The molecule has 2 aromatic rings. The minimum Gasteiger partial charge on any atom is -0.491 e. The molecule has 5 rings (SSSR count). The summed E-state index contributed by atoms with van der Waals surface area (Å²) in [7, 11) is 0. The molecule has 1 aromatic heterocycles. The first-order chi connectivity index (χ1) is 13.6. The van der Waals surface area contributed by atoms with Gasteiger partial charge in [-0.05, 0) is 37.5 Å². The highest BCUT2D eigenvalue weighted by atomic mass is 16.5. The molecule has 0 unspecified atom stereocenters. The van der Waals surface area contributed by atoms with Crippen LogP contribution in [0.2, 0.25) is 0 Å². The van der Waals surface area contributed by atoms with Crippen LogP contribution in [0.15, 0.2) is 24.4 Å². The molecule has 1 aromatic carbocycles. The normalized spacial score (nSPS) is 18.6. The smallest absolute Gasteiger partial charge is 0.254 e. The molecule has 0 aliphatic carbocycles. The Labute approximate surface area is 164 Å². The highest BCUT2D eigenvalue weighted by molar-refractivity contribution is 5.95. The number of nitrogens with zero attached hydrogens (tertiary/aromatic N) is 5. The van der Waals surface area contributed by atoms with Crippen molar-refractivity contribution < 1.29 is 14.3 Å². The number of benzene rings is 1. The van der Waals surface area contributed by atoms with E-state index in [9.17, 15) is 9.59 Å². The van der Waals surface area contributed by atoms with Crippen molar-refractivity contribution in [2.24, 2.45) is 0 Å². The van der Waals surface area contributed by atoms with Crippen molar-refractivity contribution in [3.05, 3.63) is 41.2 Å². The molecule has 2 amide bonds. The third-order valence-electron chi connectivity index (χ3n) is 5.34. The average molecular weight is 383 g/mol. The SMILES string of the molecule is Cc1ccc2cc1OCCn1cc(nn1)CCCC(=O)N1CCN(CC1)C2=O. The summed E-state index contributed by atoms with van der Waals surface area (Å²) in [5.74, 6) is 0.840. The van der Waals surface area contributed by atoms with Gasteiger partial charge in [-0.15, -0.1) is 5.10 Å². The van der Waals surface area contributed by atoms with Gasteiger partial charge in [0.25, 0.3) is 5.91 Å². The lowest BCUT2D eigenvalue weighted by atomic mass is 10.1. The topological polar surface area (TPSA) is 80.6 Å². The van der Waals surface area contributed by atoms with Gasteiger partial charge in [-0.1, -0.05) is 11.3 Å². The molecule has 0 radical (unpaired) electrons. The highest BCUT2D eigenvalue weighted by Crippen LogP contribution is 2.21. The number of rotatable bonds is 0. The third-order valence-corrected chi connectivity index (χ3v) is 5.34. The maximum atomic E-state index is 12.9. The number of piperazine rings is 1. The number of ether oxygens (including phenoxy) is 1. The minimum atomic E-state index is -0.0148. The Kier molecular flexibility index (Phi) is 5.27. The lowest BCUT2D eigenvalue weighted by molar-refractivity contribution is -0.132. The number of fused-ring (bicyclic) bond motifs is 7. The van der Waals surface area contributed by atoms with Crippen molar-refractivity contribution in [1.29, 1.82) is 0 Å². The maximum Gasteiger partial charge on any atom is 0.254 e. The second-order valence-corrected chi connectivity index (χ2v) is 7.33. The number of carbonyl (C=O) groups excluding carboxylic acids is 2. The first kappa shape index (κ1) is 18.5. The van der Waals surface area contributed by atoms with E-state index in [1.807, 2.05) is 41.1 Å². The van der Waals surface area contributed by atoms with Gasteiger partial charge in [-0.2, -0.15) is 0 Å². The fraction of sp³-hybridized carbons (Fsp3) is 0.500. The summed E-state index contributed by atoms with van der Waals surface area (Å²) < 4.78 is 7.67. The van der Waals surface area contributed by atoms with E-state index in [1.165, 1.54) is 0 Å². The first-order valence-corrected chi connectivity index (χ1v) is 9.80. The van der Waals surface area contributed by atoms with E-state index < -0.39 is 0 Å². The number of carbonyl (C=O) groups is 2. The zero-order valence-corrected chi connectivity index (χ0v) is 16.1. The van der Waals surface area contributed by atoms with E-state index in [4.69, 9.17) is 4.74 Å². The highest BCUT2D eigenvalue weighted by Gasteiger charge is 2.25. The Balaban J connectivity index is 1.56. The zero-order chi connectivity index (χ0) is 19.5. The fourth-order valence-corrected chi connectivity index (χ4v) is 3.62. The van der Waals surface area contributed by atoms with Crippen LogP contribution < -0.4 is 4.74 Å². The van der Waals surface area contributed by atoms with E-state index in [1.54, 1.807) is 4.68 Å². The molecule has 1 fully saturated rings. The lowest BCUT2D eigenvalue weighted by Crippen LogP contribution is -2.50. The van der Waals surface area contributed by atoms with Crippen molar-refractivity contribution >= 4 is 11.8 Å². The molecule has 0 N–H and O–H groups in total. The number of aryl methyl sites for hydroxylation is 2. The van der Waals surface area contributed by atoms with Crippen molar-refractivity contribution in [1.82, 2.24) is 24.8 Å². The molecule has 3 aliphatic heterocycles. The van der Waals surface area contributed by atoms with Crippen LogP contribution in [0.4, 0.5) is 0 Å². The van der Waals surface area contributed by atoms with Gasteiger partial charge in [0.2, 0.25) is 5.91 Å². The van der Waals surface area contributed by atoms with Crippen LogP contribution in [0.1, 0.15) is 34.5 Å². The van der Waals surface area contributed by atoms with Crippen LogP contribution in [0.5, 0.6) is 5.75 Å². The molecule has 8 heteroatoms. The summed E-state index contributed by atoms with van der Waals surface area (Å²) in [6, 6.07) is 5.56. The summed E-state index contributed by atoms with van der Waals surface area (Å²) in [6.45, 7) is 5.26. The maximum absolute atomic E-state index is 12.9. The monoisotopic (exact) mass is 383 g/mol. The van der Waals surface area contributed by atoms with Gasteiger partial charge in [0, 0.05) is 44.4 Å². The molecule has 3 aliphatic rings. The molecule has 8 nitrogen and oxygen atoms in total. The van der Waals surface area contributed by atoms with Crippen LogP contribution >= 0.6 is 0 Å². The molecular weight excluding hydrogens is 358 g/mol. The summed E-state index contributed by atoms with van der Waals surface area (Å²) in [5, 5.41) is 8.31. The Morgan fingerprint density at radius 3 is 2.61 bits per heavy atom. The van der Waals surface area contributed by atoms with Crippen LogP contribution in [0, 0.1) is 6.92 Å².